The van der Waals surface area contributed by atoms with E-state index >= 15 is 0 Å². The van der Waals surface area contributed by atoms with Crippen LogP contribution < -0.4 is 21.1 Å². The molecule has 0 saturated heterocycles. The summed E-state index contributed by atoms with van der Waals surface area (Å²) in [7, 11) is 0. The number of furan rings is 1. The lowest BCUT2D eigenvalue weighted by Crippen LogP contribution is -2.14. The fourth-order valence-electron chi connectivity index (χ4n) is 3.81. The first-order valence-corrected chi connectivity index (χ1v) is 12.5. The molecule has 0 amide bonds. The van der Waals surface area contributed by atoms with Gasteiger partial charge in [0.25, 0.3) is 0 Å². The molecular weight excluding hydrogens is 500 g/mol. The van der Waals surface area contributed by atoms with Crippen molar-refractivity contribution >= 4 is 49.8 Å². The molecule has 9 nitrogen and oxygen atoms in total. The van der Waals surface area contributed by atoms with Crippen LogP contribution in [-0.2, 0) is 0 Å². The highest BCUT2D eigenvalue weighted by atomic mass is 32.1. The van der Waals surface area contributed by atoms with E-state index < -0.39 is 5.63 Å². The highest BCUT2D eigenvalue weighted by Gasteiger charge is 2.13. The molecule has 0 bridgehead atoms. The Morgan fingerprint density at radius 2 is 1.50 bits per heavy atom. The molecule has 2 N–H and O–H groups in total. The van der Waals surface area contributed by atoms with Crippen molar-refractivity contribution in [1.29, 1.82) is 0 Å². The lowest BCUT2D eigenvalue weighted by Gasteiger charge is -2.04. The number of anilines is 2. The topological polar surface area (TPSA) is 118 Å². The summed E-state index contributed by atoms with van der Waals surface area (Å²) in [5.41, 5.74) is 8.85. The molecule has 6 aromatic rings. The second-order valence-corrected chi connectivity index (χ2v) is 9.27. The van der Waals surface area contributed by atoms with Gasteiger partial charge in [-0.25, -0.2) is 4.79 Å². The molecule has 0 saturated carbocycles. The van der Waals surface area contributed by atoms with Crippen LogP contribution in [0.2, 0.25) is 0 Å². The number of benzene rings is 3. The molecule has 10 heteroatoms. The van der Waals surface area contributed by atoms with Gasteiger partial charge in [0, 0.05) is 10.8 Å². The van der Waals surface area contributed by atoms with Crippen molar-refractivity contribution in [2.24, 2.45) is 10.2 Å². The number of hydrogen-bond donors (Lipinski definition) is 2. The largest absolute Gasteiger partial charge is 0.454 e. The predicted octanol–water partition coefficient (Wildman–Crippen LogP) is 5.82. The highest BCUT2D eigenvalue weighted by Crippen LogP contribution is 2.25. The quantitative estimate of drug-likeness (QED) is 0.161. The molecular formula is C28H20N6O3S. The number of hydrogen-bond acceptors (Lipinski definition) is 10. The van der Waals surface area contributed by atoms with E-state index in [1.54, 1.807) is 19.1 Å². The summed E-state index contributed by atoms with van der Waals surface area (Å²) in [6.07, 6.45) is 0. The lowest BCUT2D eigenvalue weighted by atomic mass is 10.1. The molecule has 0 atom stereocenters. The number of aromatic nitrogens is 2. The van der Waals surface area contributed by atoms with Gasteiger partial charge in [-0.1, -0.05) is 65.9 Å². The Morgan fingerprint density at radius 3 is 2.26 bits per heavy atom. The number of hydrazone groups is 1. The molecule has 0 radical (unpaired) electrons. The van der Waals surface area contributed by atoms with Crippen LogP contribution in [0.3, 0.4) is 0 Å². The number of nitrogens with zero attached hydrogens (tertiary/aromatic N) is 4. The average molecular weight is 521 g/mol. The maximum absolute atomic E-state index is 12.5. The highest BCUT2D eigenvalue weighted by molar-refractivity contribution is 7.13. The molecule has 0 unspecified atom stereocenters. The maximum atomic E-state index is 12.5. The van der Waals surface area contributed by atoms with E-state index in [4.69, 9.17) is 8.83 Å². The first-order valence-electron chi connectivity index (χ1n) is 11.7. The molecule has 0 fully saturated rings. The maximum Gasteiger partial charge on any atom is 0.345 e. The Balaban J connectivity index is 1.36. The molecule has 38 heavy (non-hydrogen) atoms. The van der Waals surface area contributed by atoms with E-state index in [0.717, 1.165) is 22.0 Å². The minimum absolute atomic E-state index is 0.351. The molecule has 186 valence electrons. The number of rotatable bonds is 6. The van der Waals surface area contributed by atoms with E-state index in [1.165, 1.54) is 11.3 Å². The van der Waals surface area contributed by atoms with E-state index in [0.29, 0.717) is 38.1 Å². The monoisotopic (exact) mass is 520 g/mol. The zero-order valence-electron chi connectivity index (χ0n) is 20.1. The fraction of sp³-hybridized carbons (Fsp3) is 0.0357. The molecule has 3 aromatic heterocycles. The Morgan fingerprint density at radius 1 is 0.816 bits per heavy atom. The van der Waals surface area contributed by atoms with Gasteiger partial charge in [0.1, 0.15) is 11.2 Å². The van der Waals surface area contributed by atoms with Gasteiger partial charge in [0.15, 0.2) is 16.1 Å². The van der Waals surface area contributed by atoms with E-state index in [-0.39, 0.29) is 0 Å². The van der Waals surface area contributed by atoms with Gasteiger partial charge in [-0.15, -0.1) is 10.2 Å². The third-order valence-electron chi connectivity index (χ3n) is 5.71. The zero-order valence-corrected chi connectivity index (χ0v) is 20.9. The van der Waals surface area contributed by atoms with Crippen molar-refractivity contribution in [3.8, 4) is 11.5 Å². The number of nitrogens with one attached hydrogen (secondary N) is 2. The summed E-state index contributed by atoms with van der Waals surface area (Å²) in [6, 6.07) is 28.3. The van der Waals surface area contributed by atoms with Crippen LogP contribution >= 0.6 is 11.3 Å². The predicted molar refractivity (Wildman–Crippen MR) is 149 cm³/mol. The molecule has 0 aliphatic carbocycles. The minimum atomic E-state index is -0.468. The van der Waals surface area contributed by atoms with Gasteiger partial charge in [-0.2, -0.15) is 10.2 Å². The SMILES string of the molecule is C/C(=N\Nc1nnc(-c2cc3ccccc3o2)/c(=N/Nc2ccccc2)s1)c1cc2ccccc2oc1=O. The van der Waals surface area contributed by atoms with E-state index in [2.05, 4.69) is 31.3 Å². The molecule has 0 spiro atoms. The number of fused-ring (bicyclic) bond motifs is 2. The Kier molecular flexibility index (Phi) is 6.20. The second kappa shape index (κ2) is 10.1. The summed E-state index contributed by atoms with van der Waals surface area (Å²) in [4.78, 5) is 12.5. The summed E-state index contributed by atoms with van der Waals surface area (Å²) >= 11 is 1.23. The average Bonchev–Trinajstić information content (AvgIpc) is 3.39. The van der Waals surface area contributed by atoms with Crippen LogP contribution in [0.4, 0.5) is 10.8 Å². The fourth-order valence-corrected chi connectivity index (χ4v) is 4.49. The standard InChI is InChI=1S/C28H20N6O3S/c1-17(21-15-18-9-5-8-14-23(18)37-27(21)35)29-33-28-34-31-25(24-16-19-10-6-7-13-22(19)36-24)26(38-28)32-30-20-11-3-2-4-12-20/h2-16,30H,1H3,(H,33,34)/b29-17+,32-26-. The van der Waals surface area contributed by atoms with Crippen LogP contribution in [0.25, 0.3) is 33.4 Å². The van der Waals surface area contributed by atoms with Gasteiger partial charge in [-0.3, -0.25) is 10.9 Å². The second-order valence-electron chi connectivity index (χ2n) is 8.29. The van der Waals surface area contributed by atoms with E-state index in [1.807, 2.05) is 78.9 Å². The van der Waals surface area contributed by atoms with Crippen molar-refractivity contribution in [2.75, 3.05) is 10.9 Å². The summed E-state index contributed by atoms with van der Waals surface area (Å²) < 4.78 is 12.0. The van der Waals surface area contributed by atoms with Gasteiger partial charge >= 0.3 is 5.63 Å². The molecule has 3 heterocycles. The van der Waals surface area contributed by atoms with Crippen LogP contribution in [0.15, 0.2) is 115 Å². The first-order chi connectivity index (χ1) is 18.6. The van der Waals surface area contributed by atoms with Gasteiger partial charge in [0.2, 0.25) is 5.13 Å². The zero-order chi connectivity index (χ0) is 25.9. The Labute approximate surface area is 219 Å². The smallest absolute Gasteiger partial charge is 0.345 e. The van der Waals surface area contributed by atoms with Crippen molar-refractivity contribution < 1.29 is 8.83 Å². The van der Waals surface area contributed by atoms with Crippen LogP contribution in [0, 0.1) is 0 Å². The number of para-hydroxylation sites is 3. The van der Waals surface area contributed by atoms with Gasteiger partial charge in [0.05, 0.1) is 17.0 Å². The van der Waals surface area contributed by atoms with Crippen molar-refractivity contribution in [3.63, 3.8) is 0 Å². The normalized spacial score (nSPS) is 12.2. The summed E-state index contributed by atoms with van der Waals surface area (Å²) in [5.74, 6) is 0.545. The van der Waals surface area contributed by atoms with Crippen LogP contribution in [0.5, 0.6) is 0 Å². The van der Waals surface area contributed by atoms with Gasteiger partial charge in [-0.05, 0) is 43.3 Å². The third-order valence-corrected chi connectivity index (χ3v) is 6.55. The molecule has 0 aliphatic rings. The minimum Gasteiger partial charge on any atom is -0.454 e. The molecule has 6 rings (SSSR count). The first kappa shape index (κ1) is 23.3. The van der Waals surface area contributed by atoms with Crippen LogP contribution in [-0.4, -0.2) is 15.9 Å². The van der Waals surface area contributed by atoms with Crippen LogP contribution in [0.1, 0.15) is 12.5 Å². The van der Waals surface area contributed by atoms with Crippen molar-refractivity contribution in [1.82, 2.24) is 10.2 Å². The summed E-state index contributed by atoms with van der Waals surface area (Å²) in [5, 5.41) is 19.7. The summed E-state index contributed by atoms with van der Waals surface area (Å²) in [6.45, 7) is 1.72. The van der Waals surface area contributed by atoms with Gasteiger partial charge < -0.3 is 8.83 Å². The van der Waals surface area contributed by atoms with Crippen molar-refractivity contribution in [3.05, 3.63) is 112 Å². The third kappa shape index (κ3) is 4.80. The van der Waals surface area contributed by atoms with Crippen molar-refractivity contribution in [2.45, 2.75) is 6.92 Å². The lowest BCUT2D eigenvalue weighted by molar-refractivity contribution is 0.559. The van der Waals surface area contributed by atoms with E-state index in [9.17, 15) is 4.79 Å². The molecule has 0 aliphatic heterocycles. The Hall–Kier alpha value is -5.09. The molecule has 3 aromatic carbocycles. The Bertz CT molecular complexity index is 1890.